The van der Waals surface area contributed by atoms with E-state index in [0.29, 0.717) is 30.5 Å². The molecule has 1 aromatic carbocycles. The summed E-state index contributed by atoms with van der Waals surface area (Å²) < 4.78 is 19.4. The summed E-state index contributed by atoms with van der Waals surface area (Å²) in [6.07, 6.45) is 2.86. The molecule has 2 heterocycles. The smallest absolute Gasteiger partial charge is 0.244 e. The maximum Gasteiger partial charge on any atom is 0.244 e. The Balaban J connectivity index is 1.49. The van der Waals surface area contributed by atoms with Gasteiger partial charge in [0.2, 0.25) is 11.8 Å². The molecular weight excluding hydrogens is 323 g/mol. The van der Waals surface area contributed by atoms with Gasteiger partial charge in [0.25, 0.3) is 0 Å². The number of hydrogen-bond donors (Lipinski definition) is 0. The Labute approximate surface area is 145 Å². The number of para-hydroxylation sites is 1. The first kappa shape index (κ1) is 16.2. The fourth-order valence-corrected chi connectivity index (χ4v) is 3.32. The van der Waals surface area contributed by atoms with E-state index in [0.717, 1.165) is 18.7 Å². The first-order valence-corrected chi connectivity index (χ1v) is 8.67. The van der Waals surface area contributed by atoms with E-state index >= 15 is 0 Å². The van der Waals surface area contributed by atoms with Gasteiger partial charge in [0.15, 0.2) is 5.82 Å². The molecule has 25 heavy (non-hydrogen) atoms. The lowest BCUT2D eigenvalue weighted by Gasteiger charge is -2.27. The Hall–Kier alpha value is -2.28. The van der Waals surface area contributed by atoms with Crippen LogP contribution in [-0.4, -0.2) is 40.6 Å². The number of anilines is 1. The van der Waals surface area contributed by atoms with Crippen LogP contribution in [0.15, 0.2) is 28.8 Å². The normalized spacial score (nSPS) is 22.0. The predicted molar refractivity (Wildman–Crippen MR) is 89.6 cm³/mol. The molecule has 1 aliphatic carbocycles. The minimum absolute atomic E-state index is 0.0959. The van der Waals surface area contributed by atoms with Gasteiger partial charge in [0.1, 0.15) is 5.82 Å². The zero-order chi connectivity index (χ0) is 17.6. The summed E-state index contributed by atoms with van der Waals surface area (Å²) in [6.45, 7) is 2.45. The number of amides is 1. The molecule has 1 aliphatic heterocycles. The number of hydrogen-bond acceptors (Lipinski definition) is 5. The van der Waals surface area contributed by atoms with Crippen molar-refractivity contribution in [3.05, 3.63) is 41.8 Å². The quantitative estimate of drug-likeness (QED) is 0.835. The Kier molecular flexibility index (Phi) is 4.03. The van der Waals surface area contributed by atoms with E-state index in [1.54, 1.807) is 18.2 Å². The molecule has 132 valence electrons. The highest BCUT2D eigenvalue weighted by Crippen LogP contribution is 2.39. The first-order valence-electron chi connectivity index (χ1n) is 8.67. The third-order valence-electron chi connectivity index (χ3n) is 5.18. The Morgan fingerprint density at radius 3 is 2.80 bits per heavy atom. The van der Waals surface area contributed by atoms with Crippen molar-refractivity contribution in [2.45, 2.75) is 44.2 Å². The molecule has 0 bridgehead atoms. The molecule has 0 spiro atoms. The maximum atomic E-state index is 14.0. The highest BCUT2D eigenvalue weighted by Gasteiger charge is 2.39. The lowest BCUT2D eigenvalue weighted by Crippen LogP contribution is -2.41. The third-order valence-corrected chi connectivity index (χ3v) is 5.18. The van der Waals surface area contributed by atoms with Gasteiger partial charge in [-0.3, -0.25) is 9.69 Å². The van der Waals surface area contributed by atoms with Gasteiger partial charge in [-0.2, -0.15) is 4.98 Å². The number of halogens is 1. The second-order valence-corrected chi connectivity index (χ2v) is 6.85. The van der Waals surface area contributed by atoms with Gasteiger partial charge in [0, 0.05) is 12.5 Å². The van der Waals surface area contributed by atoms with Gasteiger partial charge >= 0.3 is 0 Å². The molecule has 1 aromatic heterocycles. The topological polar surface area (TPSA) is 62.5 Å². The van der Waals surface area contributed by atoms with Crippen molar-refractivity contribution in [1.29, 1.82) is 0 Å². The monoisotopic (exact) mass is 344 g/mol. The van der Waals surface area contributed by atoms with E-state index in [4.69, 9.17) is 4.52 Å². The number of aromatic nitrogens is 2. The fraction of sp³-hybridized carbons (Fsp3) is 0.500. The molecule has 1 saturated carbocycles. The molecule has 2 aliphatic rings. The summed E-state index contributed by atoms with van der Waals surface area (Å²) in [6, 6.07) is 5.88. The molecular formula is C18H21FN4O2. The maximum absolute atomic E-state index is 14.0. The second-order valence-electron chi connectivity index (χ2n) is 6.85. The summed E-state index contributed by atoms with van der Waals surface area (Å²) in [5.41, 5.74) is 0.338. The molecule has 6 nitrogen and oxygen atoms in total. The van der Waals surface area contributed by atoms with Crippen molar-refractivity contribution in [3.8, 4) is 0 Å². The van der Waals surface area contributed by atoms with Crippen molar-refractivity contribution in [2.75, 3.05) is 18.5 Å². The number of rotatable bonds is 5. The average Bonchev–Trinajstić information content (AvgIpc) is 3.22. The minimum Gasteiger partial charge on any atom is -0.338 e. The molecule has 4 rings (SSSR count). The molecule has 0 unspecified atom stereocenters. The number of likely N-dealkylation sites (N-methyl/N-ethyl adjacent to an activating group) is 1. The number of carbonyl (C=O) groups is 1. The van der Waals surface area contributed by atoms with Gasteiger partial charge in [-0.05, 0) is 45.4 Å². The van der Waals surface area contributed by atoms with Gasteiger partial charge < -0.3 is 9.42 Å². The van der Waals surface area contributed by atoms with Gasteiger partial charge in [0.05, 0.1) is 17.8 Å². The predicted octanol–water partition coefficient (Wildman–Crippen LogP) is 2.88. The van der Waals surface area contributed by atoms with E-state index in [2.05, 4.69) is 10.1 Å². The molecule has 1 saturated heterocycles. The number of nitrogens with zero attached hydrogens (tertiary/aromatic N) is 4. The van der Waals surface area contributed by atoms with Crippen LogP contribution in [0, 0.1) is 5.82 Å². The van der Waals surface area contributed by atoms with Crippen LogP contribution in [0.4, 0.5) is 10.1 Å². The average molecular weight is 344 g/mol. The van der Waals surface area contributed by atoms with Gasteiger partial charge in [-0.1, -0.05) is 17.3 Å². The molecule has 2 fully saturated rings. The molecule has 0 N–H and O–H groups in total. The van der Waals surface area contributed by atoms with Crippen LogP contribution in [0.2, 0.25) is 0 Å². The second kappa shape index (κ2) is 6.22. The fourth-order valence-electron chi connectivity index (χ4n) is 3.32. The molecule has 0 radical (unpaired) electrons. The summed E-state index contributed by atoms with van der Waals surface area (Å²) >= 11 is 0. The lowest BCUT2D eigenvalue weighted by atomic mass is 10.1. The van der Waals surface area contributed by atoms with Crippen molar-refractivity contribution in [3.63, 3.8) is 0 Å². The Morgan fingerprint density at radius 2 is 2.08 bits per heavy atom. The highest BCUT2D eigenvalue weighted by atomic mass is 19.1. The van der Waals surface area contributed by atoms with Crippen LogP contribution in [0.3, 0.4) is 0 Å². The summed E-state index contributed by atoms with van der Waals surface area (Å²) in [4.78, 5) is 20.7. The number of carbonyl (C=O) groups excluding carboxylic acids is 1. The van der Waals surface area contributed by atoms with Gasteiger partial charge in [-0.15, -0.1) is 0 Å². The van der Waals surface area contributed by atoms with Crippen molar-refractivity contribution < 1.29 is 13.7 Å². The summed E-state index contributed by atoms with van der Waals surface area (Å²) in [7, 11) is 1.87. The summed E-state index contributed by atoms with van der Waals surface area (Å²) in [5, 5.41) is 4.04. The first-order chi connectivity index (χ1) is 12.1. The molecule has 2 atom stereocenters. The lowest BCUT2D eigenvalue weighted by molar-refractivity contribution is -0.122. The zero-order valence-electron chi connectivity index (χ0n) is 14.4. The zero-order valence-corrected chi connectivity index (χ0v) is 14.4. The summed E-state index contributed by atoms with van der Waals surface area (Å²) in [5.74, 6) is 1.25. The van der Waals surface area contributed by atoms with E-state index in [9.17, 15) is 9.18 Å². The molecule has 7 heteroatoms. The van der Waals surface area contributed by atoms with E-state index in [1.165, 1.54) is 11.0 Å². The van der Waals surface area contributed by atoms with E-state index in [-0.39, 0.29) is 23.8 Å². The van der Waals surface area contributed by atoms with Crippen LogP contribution in [-0.2, 0) is 4.79 Å². The highest BCUT2D eigenvalue weighted by molar-refractivity contribution is 5.99. The third kappa shape index (κ3) is 2.93. The van der Waals surface area contributed by atoms with Crippen molar-refractivity contribution in [2.24, 2.45) is 0 Å². The van der Waals surface area contributed by atoms with E-state index in [1.807, 2.05) is 18.9 Å². The van der Waals surface area contributed by atoms with Crippen molar-refractivity contribution in [1.82, 2.24) is 15.0 Å². The standard InChI is InChI=1S/C18H21FN4O2/c1-11(17-20-16(21-25-17)12-7-8-12)22(2)15-9-10-23(18(15)24)14-6-4-3-5-13(14)19/h3-6,11-12,15H,7-10H2,1-2H3/t11-,15+/m0/s1. The van der Waals surface area contributed by atoms with Crippen LogP contribution in [0.25, 0.3) is 0 Å². The molecule has 1 amide bonds. The van der Waals surface area contributed by atoms with Crippen molar-refractivity contribution >= 4 is 11.6 Å². The SMILES string of the molecule is C[C@@H](c1nc(C2CC2)no1)N(C)[C@@H]1CCN(c2ccccc2F)C1=O. The van der Waals surface area contributed by atoms with Gasteiger partial charge in [-0.25, -0.2) is 4.39 Å². The van der Waals surface area contributed by atoms with Crippen LogP contribution in [0.1, 0.15) is 49.9 Å². The van der Waals surface area contributed by atoms with Crippen LogP contribution >= 0.6 is 0 Å². The van der Waals surface area contributed by atoms with Crippen LogP contribution in [0.5, 0.6) is 0 Å². The van der Waals surface area contributed by atoms with E-state index < -0.39 is 0 Å². The Bertz CT molecular complexity index is 789. The minimum atomic E-state index is -0.377. The van der Waals surface area contributed by atoms with Crippen LogP contribution < -0.4 is 4.90 Å². The largest absolute Gasteiger partial charge is 0.338 e. The number of benzene rings is 1. The molecule has 2 aromatic rings. The Morgan fingerprint density at radius 1 is 1.32 bits per heavy atom.